The smallest absolute Gasteiger partial charge is 0.0782 e. The number of fused-ring (bicyclic) bond motifs is 6. The monoisotopic (exact) mass is 651 g/mol. The molecular formula is C48H33N3. The van der Waals surface area contributed by atoms with Crippen LogP contribution in [0.4, 0.5) is 17.1 Å². The highest BCUT2D eigenvalue weighted by atomic mass is 15.2. The lowest BCUT2D eigenvalue weighted by molar-refractivity contribution is 1.16. The first-order chi connectivity index (χ1) is 25.3. The van der Waals surface area contributed by atoms with Crippen LogP contribution in [0, 0.1) is 0 Å². The van der Waals surface area contributed by atoms with E-state index in [1.54, 1.807) is 0 Å². The van der Waals surface area contributed by atoms with E-state index in [9.17, 15) is 0 Å². The van der Waals surface area contributed by atoms with E-state index in [1.807, 2.05) is 0 Å². The molecule has 240 valence electrons. The van der Waals surface area contributed by atoms with Gasteiger partial charge in [0.15, 0.2) is 0 Å². The highest BCUT2D eigenvalue weighted by molar-refractivity contribution is 6.15. The Morgan fingerprint density at radius 3 is 1.57 bits per heavy atom. The van der Waals surface area contributed by atoms with E-state index in [1.165, 1.54) is 54.7 Å². The van der Waals surface area contributed by atoms with Crippen LogP contribution < -0.4 is 4.90 Å². The summed E-state index contributed by atoms with van der Waals surface area (Å²) in [6.45, 7) is 0. The van der Waals surface area contributed by atoms with Gasteiger partial charge in [-0.15, -0.1) is 0 Å². The van der Waals surface area contributed by atoms with Crippen LogP contribution >= 0.6 is 0 Å². The third-order valence-corrected chi connectivity index (χ3v) is 10.1. The van der Waals surface area contributed by atoms with Gasteiger partial charge in [0.2, 0.25) is 0 Å². The standard InChI is InChI=1S/C48H33N3/c1-4-15-34(16-5-1)35-27-29-38(30-28-35)51-45-25-13-10-21-40(45)42-23-14-26-47(48(42)51)49(36-17-6-2-7-18-36)39-31-32-46-43(33-39)41-22-11-12-24-44(41)50(46)37-19-8-3-9-20-37/h1-33H. The molecule has 51 heavy (non-hydrogen) atoms. The Kier molecular flexibility index (Phi) is 6.81. The van der Waals surface area contributed by atoms with Crippen LogP contribution in [0.25, 0.3) is 66.1 Å². The molecular weight excluding hydrogens is 619 g/mol. The van der Waals surface area contributed by atoms with Crippen LogP contribution in [0.3, 0.4) is 0 Å². The molecule has 8 aromatic carbocycles. The molecule has 3 heteroatoms. The molecule has 0 saturated carbocycles. The first-order valence-electron chi connectivity index (χ1n) is 17.5. The second-order valence-electron chi connectivity index (χ2n) is 13.0. The van der Waals surface area contributed by atoms with Crippen LogP contribution in [-0.4, -0.2) is 9.13 Å². The molecule has 0 aliphatic carbocycles. The Balaban J connectivity index is 1.23. The number of hydrogen-bond donors (Lipinski definition) is 0. The van der Waals surface area contributed by atoms with Crippen molar-refractivity contribution in [2.45, 2.75) is 0 Å². The second kappa shape index (κ2) is 11.9. The molecule has 0 fully saturated rings. The van der Waals surface area contributed by atoms with Gasteiger partial charge < -0.3 is 14.0 Å². The first-order valence-corrected chi connectivity index (χ1v) is 17.5. The van der Waals surface area contributed by atoms with E-state index in [0.29, 0.717) is 0 Å². The minimum Gasteiger partial charge on any atom is -0.309 e. The predicted octanol–water partition coefficient (Wildman–Crippen LogP) is 13.0. The number of benzene rings is 8. The minimum atomic E-state index is 1.10. The van der Waals surface area contributed by atoms with Crippen molar-refractivity contribution in [1.29, 1.82) is 0 Å². The van der Waals surface area contributed by atoms with Gasteiger partial charge >= 0.3 is 0 Å². The molecule has 2 aromatic heterocycles. The summed E-state index contributed by atoms with van der Waals surface area (Å²) in [5.74, 6) is 0. The Labute approximate surface area is 296 Å². The minimum absolute atomic E-state index is 1.10. The number of anilines is 3. The molecule has 0 N–H and O–H groups in total. The number of rotatable bonds is 6. The Morgan fingerprint density at radius 1 is 0.314 bits per heavy atom. The molecule has 0 radical (unpaired) electrons. The summed E-state index contributed by atoms with van der Waals surface area (Å²) in [6.07, 6.45) is 0. The fourth-order valence-corrected chi connectivity index (χ4v) is 7.84. The molecule has 2 heterocycles. The van der Waals surface area contributed by atoms with Crippen molar-refractivity contribution in [2.75, 3.05) is 4.90 Å². The van der Waals surface area contributed by atoms with Gasteiger partial charge in [-0.05, 0) is 83.9 Å². The Bertz CT molecular complexity index is 2830. The second-order valence-corrected chi connectivity index (χ2v) is 13.0. The topological polar surface area (TPSA) is 13.1 Å². The van der Waals surface area contributed by atoms with E-state index in [2.05, 4.69) is 214 Å². The lowest BCUT2D eigenvalue weighted by Crippen LogP contribution is -2.11. The highest BCUT2D eigenvalue weighted by Crippen LogP contribution is 2.45. The molecule has 3 nitrogen and oxygen atoms in total. The van der Waals surface area contributed by atoms with Crippen molar-refractivity contribution in [3.63, 3.8) is 0 Å². The SMILES string of the molecule is c1ccc(-c2ccc(-n3c4ccccc4c4cccc(N(c5ccccc5)c5ccc6c(c5)c5ccccc5n6-c5ccccc5)c43)cc2)cc1. The summed E-state index contributed by atoms with van der Waals surface area (Å²) in [4.78, 5) is 2.42. The maximum absolute atomic E-state index is 2.44. The Morgan fingerprint density at radius 2 is 0.843 bits per heavy atom. The maximum Gasteiger partial charge on any atom is 0.0782 e. The van der Waals surface area contributed by atoms with Crippen molar-refractivity contribution in [3.05, 3.63) is 200 Å². The molecule has 0 saturated heterocycles. The van der Waals surface area contributed by atoms with Crippen LogP contribution in [0.5, 0.6) is 0 Å². The van der Waals surface area contributed by atoms with Gasteiger partial charge in [-0.25, -0.2) is 0 Å². The summed E-state index contributed by atoms with van der Waals surface area (Å²) in [7, 11) is 0. The third kappa shape index (κ3) is 4.74. The number of nitrogens with zero attached hydrogens (tertiary/aromatic N) is 3. The van der Waals surface area contributed by atoms with E-state index < -0.39 is 0 Å². The van der Waals surface area contributed by atoms with Crippen molar-refractivity contribution in [2.24, 2.45) is 0 Å². The van der Waals surface area contributed by atoms with Gasteiger partial charge in [0, 0.05) is 44.3 Å². The van der Waals surface area contributed by atoms with E-state index in [0.717, 1.165) is 28.4 Å². The van der Waals surface area contributed by atoms with Gasteiger partial charge in [-0.1, -0.05) is 127 Å². The van der Waals surface area contributed by atoms with Crippen LogP contribution in [0.1, 0.15) is 0 Å². The molecule has 0 bridgehead atoms. The molecule has 0 unspecified atom stereocenters. The van der Waals surface area contributed by atoms with E-state index in [4.69, 9.17) is 0 Å². The predicted molar refractivity (Wildman–Crippen MR) is 215 cm³/mol. The summed E-state index contributed by atoms with van der Waals surface area (Å²) in [5.41, 5.74) is 12.8. The fraction of sp³-hybridized carbons (Fsp3) is 0. The first kappa shape index (κ1) is 29.1. The Hall–Kier alpha value is -6.84. The molecule has 0 aliphatic rings. The van der Waals surface area contributed by atoms with E-state index >= 15 is 0 Å². The van der Waals surface area contributed by atoms with Crippen molar-refractivity contribution >= 4 is 60.7 Å². The van der Waals surface area contributed by atoms with Crippen LogP contribution in [0.2, 0.25) is 0 Å². The van der Waals surface area contributed by atoms with Crippen LogP contribution in [0.15, 0.2) is 200 Å². The molecule has 10 aromatic rings. The highest BCUT2D eigenvalue weighted by Gasteiger charge is 2.22. The number of hydrogen-bond acceptors (Lipinski definition) is 1. The van der Waals surface area contributed by atoms with E-state index in [-0.39, 0.29) is 0 Å². The molecule has 0 spiro atoms. The largest absolute Gasteiger partial charge is 0.309 e. The summed E-state index contributed by atoms with van der Waals surface area (Å²) in [6, 6.07) is 72.1. The van der Waals surface area contributed by atoms with Gasteiger partial charge in [-0.3, -0.25) is 0 Å². The van der Waals surface area contributed by atoms with Gasteiger partial charge in [0.25, 0.3) is 0 Å². The number of para-hydroxylation sites is 5. The summed E-state index contributed by atoms with van der Waals surface area (Å²) >= 11 is 0. The average molecular weight is 652 g/mol. The van der Waals surface area contributed by atoms with Crippen molar-refractivity contribution in [1.82, 2.24) is 9.13 Å². The lowest BCUT2D eigenvalue weighted by Gasteiger charge is -2.27. The van der Waals surface area contributed by atoms with Crippen molar-refractivity contribution < 1.29 is 0 Å². The van der Waals surface area contributed by atoms with Gasteiger partial charge in [0.1, 0.15) is 0 Å². The number of aromatic nitrogens is 2. The zero-order valence-corrected chi connectivity index (χ0v) is 27.9. The normalized spacial score (nSPS) is 11.5. The molecule has 0 atom stereocenters. The molecule has 10 rings (SSSR count). The average Bonchev–Trinajstić information content (AvgIpc) is 3.72. The zero-order chi connectivity index (χ0) is 33.7. The lowest BCUT2D eigenvalue weighted by atomic mass is 10.1. The van der Waals surface area contributed by atoms with Crippen molar-refractivity contribution in [3.8, 4) is 22.5 Å². The molecule has 0 amide bonds. The summed E-state index contributed by atoms with van der Waals surface area (Å²) in [5, 5.41) is 4.91. The fourth-order valence-electron chi connectivity index (χ4n) is 7.84. The van der Waals surface area contributed by atoms with Gasteiger partial charge in [0.05, 0.1) is 27.8 Å². The molecule has 0 aliphatic heterocycles. The quantitative estimate of drug-likeness (QED) is 0.174. The zero-order valence-electron chi connectivity index (χ0n) is 27.9. The third-order valence-electron chi connectivity index (χ3n) is 10.1. The maximum atomic E-state index is 2.44. The van der Waals surface area contributed by atoms with Crippen LogP contribution in [-0.2, 0) is 0 Å². The van der Waals surface area contributed by atoms with Gasteiger partial charge in [-0.2, -0.15) is 0 Å². The summed E-state index contributed by atoms with van der Waals surface area (Å²) < 4.78 is 4.81.